The Morgan fingerprint density at radius 2 is 2.11 bits per heavy atom. The Balaban J connectivity index is 2.19. The van der Waals surface area contributed by atoms with Crippen molar-refractivity contribution in [2.24, 2.45) is 0 Å². The Kier molecular flexibility index (Phi) is 5.46. The third-order valence-corrected chi connectivity index (χ3v) is 6.39. The Bertz CT molecular complexity index is 386. The maximum absolute atomic E-state index is 3.68. The fourth-order valence-electron chi connectivity index (χ4n) is 2.34. The van der Waals surface area contributed by atoms with Crippen LogP contribution >= 0.6 is 23.5 Å². The number of nitrogens with one attached hydrogen (secondary N) is 1. The van der Waals surface area contributed by atoms with Crippen LogP contribution in [0.4, 0.5) is 0 Å². The molecule has 1 aliphatic heterocycles. The molecule has 2 rings (SSSR count). The molecule has 0 aromatic heterocycles. The second-order valence-corrected chi connectivity index (χ2v) is 7.36. The first-order valence-corrected chi connectivity index (χ1v) is 8.92. The highest BCUT2D eigenvalue weighted by Crippen LogP contribution is 2.34. The van der Waals surface area contributed by atoms with Crippen molar-refractivity contribution in [1.29, 1.82) is 0 Å². The molecule has 2 atom stereocenters. The van der Waals surface area contributed by atoms with Crippen molar-refractivity contribution in [2.75, 3.05) is 23.8 Å². The molecule has 1 aromatic carbocycles. The van der Waals surface area contributed by atoms with E-state index in [1.165, 1.54) is 33.9 Å². The van der Waals surface area contributed by atoms with E-state index in [0.717, 1.165) is 6.54 Å². The summed E-state index contributed by atoms with van der Waals surface area (Å²) in [6.45, 7) is 7.64. The molecule has 1 aliphatic rings. The van der Waals surface area contributed by atoms with Gasteiger partial charge in [-0.1, -0.05) is 25.1 Å². The lowest BCUT2D eigenvalue weighted by molar-refractivity contribution is 0.550. The van der Waals surface area contributed by atoms with Gasteiger partial charge in [0.05, 0.1) is 0 Å². The van der Waals surface area contributed by atoms with Gasteiger partial charge in [0.25, 0.3) is 0 Å². The normalized spacial score (nSPS) is 21.8. The van der Waals surface area contributed by atoms with E-state index in [1.54, 1.807) is 0 Å². The molecule has 0 bridgehead atoms. The summed E-state index contributed by atoms with van der Waals surface area (Å²) in [6.07, 6.45) is 0. The van der Waals surface area contributed by atoms with E-state index in [0.29, 0.717) is 11.3 Å². The first-order valence-electron chi connectivity index (χ1n) is 6.72. The van der Waals surface area contributed by atoms with Crippen LogP contribution in [0.2, 0.25) is 0 Å². The number of thioether (sulfide) groups is 2. The molecule has 0 saturated carbocycles. The minimum absolute atomic E-state index is 0.507. The minimum Gasteiger partial charge on any atom is -0.309 e. The minimum atomic E-state index is 0.507. The standard InChI is InChI=1S/C15H23NS2/c1-4-16-15(14-10-17-7-8-18-14)13-6-5-11(2)12(3)9-13/h5-6,9,14-16H,4,7-8,10H2,1-3H3. The van der Waals surface area contributed by atoms with Crippen LogP contribution in [0.5, 0.6) is 0 Å². The van der Waals surface area contributed by atoms with Gasteiger partial charge in [-0.05, 0) is 37.1 Å². The Morgan fingerprint density at radius 3 is 2.72 bits per heavy atom. The fraction of sp³-hybridized carbons (Fsp3) is 0.600. The summed E-state index contributed by atoms with van der Waals surface area (Å²) >= 11 is 4.23. The van der Waals surface area contributed by atoms with Gasteiger partial charge < -0.3 is 5.32 Å². The predicted molar refractivity (Wildman–Crippen MR) is 85.9 cm³/mol. The summed E-state index contributed by atoms with van der Waals surface area (Å²) in [7, 11) is 0. The van der Waals surface area contributed by atoms with E-state index in [1.807, 2.05) is 0 Å². The van der Waals surface area contributed by atoms with E-state index in [-0.39, 0.29) is 0 Å². The van der Waals surface area contributed by atoms with Crippen molar-refractivity contribution in [3.63, 3.8) is 0 Å². The Labute approximate surface area is 120 Å². The lowest BCUT2D eigenvalue weighted by Gasteiger charge is -2.30. The monoisotopic (exact) mass is 281 g/mol. The van der Waals surface area contributed by atoms with Crippen molar-refractivity contribution in [2.45, 2.75) is 32.1 Å². The van der Waals surface area contributed by atoms with Crippen molar-refractivity contribution in [1.82, 2.24) is 5.32 Å². The van der Waals surface area contributed by atoms with Gasteiger partial charge in [0.1, 0.15) is 0 Å². The van der Waals surface area contributed by atoms with E-state index < -0.39 is 0 Å². The number of aryl methyl sites for hydroxylation is 2. The summed E-state index contributed by atoms with van der Waals surface area (Å²) in [4.78, 5) is 0. The van der Waals surface area contributed by atoms with Crippen LogP contribution in [0.15, 0.2) is 18.2 Å². The summed E-state index contributed by atoms with van der Waals surface area (Å²) < 4.78 is 0. The molecule has 100 valence electrons. The van der Waals surface area contributed by atoms with Gasteiger partial charge in [0.15, 0.2) is 0 Å². The van der Waals surface area contributed by atoms with Crippen LogP contribution in [-0.4, -0.2) is 29.1 Å². The SMILES string of the molecule is CCNC(c1ccc(C)c(C)c1)C1CSCCS1. The molecule has 0 spiro atoms. The molecule has 3 heteroatoms. The molecule has 18 heavy (non-hydrogen) atoms. The van der Waals surface area contributed by atoms with Gasteiger partial charge in [-0.2, -0.15) is 23.5 Å². The van der Waals surface area contributed by atoms with Crippen LogP contribution in [-0.2, 0) is 0 Å². The van der Waals surface area contributed by atoms with Gasteiger partial charge in [0.2, 0.25) is 0 Å². The number of hydrogen-bond donors (Lipinski definition) is 1. The zero-order chi connectivity index (χ0) is 13.0. The molecule has 1 N–H and O–H groups in total. The topological polar surface area (TPSA) is 12.0 Å². The van der Waals surface area contributed by atoms with Gasteiger partial charge in [-0.25, -0.2) is 0 Å². The zero-order valence-corrected chi connectivity index (χ0v) is 13.2. The average Bonchev–Trinajstić information content (AvgIpc) is 2.40. The fourth-order valence-corrected chi connectivity index (χ4v) is 5.21. The summed E-state index contributed by atoms with van der Waals surface area (Å²) in [5, 5.41) is 4.39. The predicted octanol–water partition coefficient (Wildman–Crippen LogP) is 3.80. The largest absolute Gasteiger partial charge is 0.309 e. The van der Waals surface area contributed by atoms with Gasteiger partial charge >= 0.3 is 0 Å². The van der Waals surface area contributed by atoms with Crippen LogP contribution < -0.4 is 5.32 Å². The van der Waals surface area contributed by atoms with Gasteiger partial charge in [-0.3, -0.25) is 0 Å². The molecule has 0 amide bonds. The highest BCUT2D eigenvalue weighted by Gasteiger charge is 2.25. The highest BCUT2D eigenvalue weighted by molar-refractivity contribution is 8.06. The smallest absolute Gasteiger partial charge is 0.0448 e. The summed E-state index contributed by atoms with van der Waals surface area (Å²) in [6, 6.07) is 7.43. The third kappa shape index (κ3) is 3.46. The molecular formula is C15H23NS2. The number of rotatable bonds is 4. The second kappa shape index (κ2) is 6.88. The van der Waals surface area contributed by atoms with E-state index in [4.69, 9.17) is 0 Å². The average molecular weight is 281 g/mol. The molecule has 1 fully saturated rings. The molecule has 1 nitrogen and oxygen atoms in total. The van der Waals surface area contributed by atoms with Gasteiger partial charge in [-0.15, -0.1) is 0 Å². The van der Waals surface area contributed by atoms with Crippen LogP contribution in [0.1, 0.15) is 29.7 Å². The van der Waals surface area contributed by atoms with Crippen molar-refractivity contribution < 1.29 is 0 Å². The summed E-state index contributed by atoms with van der Waals surface area (Å²) in [5.74, 6) is 3.88. The molecule has 0 aliphatic carbocycles. The first kappa shape index (κ1) is 14.3. The number of benzene rings is 1. The molecule has 1 aromatic rings. The molecule has 0 radical (unpaired) electrons. The maximum Gasteiger partial charge on any atom is 0.0448 e. The van der Waals surface area contributed by atoms with Crippen LogP contribution in [0.25, 0.3) is 0 Å². The van der Waals surface area contributed by atoms with E-state index >= 15 is 0 Å². The Hall–Kier alpha value is -0.120. The van der Waals surface area contributed by atoms with Crippen molar-refractivity contribution >= 4 is 23.5 Å². The Morgan fingerprint density at radius 1 is 1.28 bits per heavy atom. The molecule has 1 saturated heterocycles. The highest BCUT2D eigenvalue weighted by atomic mass is 32.2. The van der Waals surface area contributed by atoms with E-state index in [9.17, 15) is 0 Å². The number of hydrogen-bond acceptors (Lipinski definition) is 3. The molecule has 2 unspecified atom stereocenters. The lowest BCUT2D eigenvalue weighted by atomic mass is 9.99. The van der Waals surface area contributed by atoms with Gasteiger partial charge in [0, 0.05) is 28.6 Å². The maximum atomic E-state index is 3.68. The van der Waals surface area contributed by atoms with Crippen molar-refractivity contribution in [3.05, 3.63) is 34.9 Å². The summed E-state index contributed by atoms with van der Waals surface area (Å²) in [5.41, 5.74) is 4.25. The van der Waals surface area contributed by atoms with Crippen LogP contribution in [0, 0.1) is 13.8 Å². The van der Waals surface area contributed by atoms with Crippen LogP contribution in [0.3, 0.4) is 0 Å². The first-order chi connectivity index (χ1) is 8.72. The quantitative estimate of drug-likeness (QED) is 0.901. The molecule has 1 heterocycles. The van der Waals surface area contributed by atoms with Crippen molar-refractivity contribution in [3.8, 4) is 0 Å². The second-order valence-electron chi connectivity index (χ2n) is 4.86. The third-order valence-electron chi connectivity index (χ3n) is 3.53. The van der Waals surface area contributed by atoms with E-state index in [2.05, 4.69) is 67.8 Å². The lowest BCUT2D eigenvalue weighted by Crippen LogP contribution is -2.33. The molecular weight excluding hydrogens is 258 g/mol. The zero-order valence-electron chi connectivity index (χ0n) is 11.5.